The molecule has 2 aliphatic carbocycles. The quantitative estimate of drug-likeness (QED) is 0.862. The van der Waals surface area contributed by atoms with Crippen molar-refractivity contribution in [3.05, 3.63) is 35.6 Å². The number of nitrogens with one attached hydrogen (secondary N) is 1. The predicted octanol–water partition coefficient (Wildman–Crippen LogP) is 3.54. The number of hydrogen-bond donors (Lipinski definition) is 1. The van der Waals surface area contributed by atoms with Gasteiger partial charge in [-0.3, -0.25) is 0 Å². The lowest BCUT2D eigenvalue weighted by Gasteiger charge is -2.37. The second-order valence-electron chi connectivity index (χ2n) is 6.76. The third kappa shape index (κ3) is 3.64. The molecule has 2 saturated carbocycles. The molecule has 21 heavy (non-hydrogen) atoms. The molecule has 2 nitrogen and oxygen atoms in total. The molecule has 0 aromatic heterocycles. The maximum absolute atomic E-state index is 13.7. The first-order chi connectivity index (χ1) is 10.2. The Hall–Kier alpha value is -0.930. The lowest BCUT2D eigenvalue weighted by molar-refractivity contribution is 0.224. The maximum Gasteiger partial charge on any atom is 0.126 e. The van der Waals surface area contributed by atoms with Gasteiger partial charge in [0, 0.05) is 25.2 Å². The van der Waals surface area contributed by atoms with E-state index in [2.05, 4.69) is 17.3 Å². The van der Waals surface area contributed by atoms with Gasteiger partial charge in [-0.05, 0) is 50.3 Å². The van der Waals surface area contributed by atoms with Gasteiger partial charge in [0.1, 0.15) is 5.82 Å². The van der Waals surface area contributed by atoms with Gasteiger partial charge in [0.25, 0.3) is 0 Å². The van der Waals surface area contributed by atoms with Crippen molar-refractivity contribution >= 4 is 0 Å². The van der Waals surface area contributed by atoms with Crippen molar-refractivity contribution in [2.75, 3.05) is 20.1 Å². The zero-order chi connectivity index (χ0) is 14.7. The average molecular weight is 290 g/mol. The largest absolute Gasteiger partial charge is 0.313 e. The summed E-state index contributed by atoms with van der Waals surface area (Å²) in [6, 6.07) is 8.60. The van der Waals surface area contributed by atoms with Crippen LogP contribution in [0.25, 0.3) is 0 Å². The van der Waals surface area contributed by atoms with Gasteiger partial charge in [0.15, 0.2) is 0 Å². The lowest BCUT2D eigenvalue weighted by Crippen LogP contribution is -2.44. The molecular formula is C18H27FN2. The molecule has 3 heteroatoms. The predicted molar refractivity (Wildman–Crippen MR) is 85.1 cm³/mol. The second-order valence-corrected chi connectivity index (χ2v) is 6.76. The Balaban J connectivity index is 1.35. The van der Waals surface area contributed by atoms with Crippen LogP contribution in [0.1, 0.15) is 50.0 Å². The van der Waals surface area contributed by atoms with Crippen molar-refractivity contribution in [3.8, 4) is 0 Å². The van der Waals surface area contributed by atoms with Crippen LogP contribution in [0, 0.1) is 5.82 Å². The van der Waals surface area contributed by atoms with Gasteiger partial charge in [-0.2, -0.15) is 0 Å². The fourth-order valence-corrected chi connectivity index (χ4v) is 3.82. The molecule has 0 heterocycles. The summed E-state index contributed by atoms with van der Waals surface area (Å²) in [6.45, 7) is 2.19. The molecule has 0 atom stereocenters. The molecule has 116 valence electrons. The smallest absolute Gasteiger partial charge is 0.126 e. The van der Waals surface area contributed by atoms with Gasteiger partial charge in [0.05, 0.1) is 0 Å². The first-order valence-electron chi connectivity index (χ1n) is 8.42. The molecule has 0 aliphatic heterocycles. The van der Waals surface area contributed by atoms with Gasteiger partial charge >= 0.3 is 0 Å². The summed E-state index contributed by atoms with van der Waals surface area (Å²) in [5.74, 6) is 0.373. The van der Waals surface area contributed by atoms with Crippen LogP contribution >= 0.6 is 0 Å². The van der Waals surface area contributed by atoms with Crippen LogP contribution in [0.2, 0.25) is 0 Å². The molecule has 3 rings (SSSR count). The Morgan fingerprint density at radius 1 is 1.19 bits per heavy atom. The van der Waals surface area contributed by atoms with E-state index in [1.165, 1.54) is 25.7 Å². The molecule has 1 aromatic carbocycles. The number of halogens is 1. The normalized spacial score (nSPS) is 26.2. The van der Waals surface area contributed by atoms with Crippen molar-refractivity contribution in [3.63, 3.8) is 0 Å². The van der Waals surface area contributed by atoms with Crippen LogP contribution in [-0.2, 0) is 0 Å². The maximum atomic E-state index is 13.7. The van der Waals surface area contributed by atoms with Crippen molar-refractivity contribution in [2.24, 2.45) is 0 Å². The van der Waals surface area contributed by atoms with E-state index in [0.29, 0.717) is 12.0 Å². The Kier molecular flexibility index (Phi) is 4.91. The highest BCUT2D eigenvalue weighted by Crippen LogP contribution is 2.37. The molecule has 1 aromatic rings. The molecule has 0 radical (unpaired) electrons. The molecule has 0 amide bonds. The van der Waals surface area contributed by atoms with Gasteiger partial charge in [-0.15, -0.1) is 0 Å². The average Bonchev–Trinajstić information content (AvgIpc) is 2.96. The number of hydrogen-bond acceptors (Lipinski definition) is 2. The summed E-state index contributed by atoms with van der Waals surface area (Å²) in [5, 5.41) is 3.63. The zero-order valence-corrected chi connectivity index (χ0v) is 13.0. The van der Waals surface area contributed by atoms with Gasteiger partial charge < -0.3 is 10.2 Å². The molecule has 2 aliphatic rings. The third-order valence-corrected chi connectivity index (χ3v) is 5.33. The zero-order valence-electron chi connectivity index (χ0n) is 13.0. The van der Waals surface area contributed by atoms with E-state index in [0.717, 1.165) is 37.5 Å². The Labute approximate surface area is 127 Å². The number of benzene rings is 1. The highest BCUT2D eigenvalue weighted by molar-refractivity contribution is 5.24. The van der Waals surface area contributed by atoms with Crippen molar-refractivity contribution in [1.29, 1.82) is 0 Å². The van der Waals surface area contributed by atoms with Gasteiger partial charge in [-0.1, -0.05) is 31.0 Å². The number of nitrogens with zero attached hydrogens (tertiary/aromatic N) is 1. The molecular weight excluding hydrogens is 263 g/mol. The lowest BCUT2D eigenvalue weighted by atomic mass is 9.75. The van der Waals surface area contributed by atoms with Crippen LogP contribution in [0.5, 0.6) is 0 Å². The van der Waals surface area contributed by atoms with Crippen LogP contribution in [0.3, 0.4) is 0 Å². The number of likely N-dealkylation sites (N-methyl/N-ethyl adjacent to an activating group) is 1. The van der Waals surface area contributed by atoms with E-state index in [1.807, 2.05) is 12.1 Å². The first-order valence-corrected chi connectivity index (χ1v) is 8.42. The van der Waals surface area contributed by atoms with E-state index < -0.39 is 0 Å². The Bertz CT molecular complexity index is 450. The molecule has 1 N–H and O–H groups in total. The van der Waals surface area contributed by atoms with Crippen molar-refractivity contribution in [1.82, 2.24) is 10.2 Å². The first kappa shape index (κ1) is 15.0. The molecule has 0 unspecified atom stereocenters. The van der Waals surface area contributed by atoms with Crippen molar-refractivity contribution in [2.45, 2.75) is 56.5 Å². The SMILES string of the molecule is CN(CCNC1CC(c2ccccc2F)C1)C1CCCC1. The second kappa shape index (κ2) is 6.89. The van der Waals surface area contributed by atoms with Crippen molar-refractivity contribution < 1.29 is 4.39 Å². The van der Waals surface area contributed by atoms with Gasteiger partial charge in [-0.25, -0.2) is 4.39 Å². The molecule has 2 fully saturated rings. The molecule has 0 bridgehead atoms. The van der Waals surface area contributed by atoms with Crippen LogP contribution in [0.15, 0.2) is 24.3 Å². The minimum absolute atomic E-state index is 0.0399. The fraction of sp³-hybridized carbons (Fsp3) is 0.667. The summed E-state index contributed by atoms with van der Waals surface area (Å²) in [7, 11) is 2.25. The van der Waals surface area contributed by atoms with Crippen LogP contribution < -0.4 is 5.32 Å². The minimum atomic E-state index is -0.0399. The topological polar surface area (TPSA) is 15.3 Å². The van der Waals surface area contributed by atoms with E-state index >= 15 is 0 Å². The Morgan fingerprint density at radius 3 is 2.62 bits per heavy atom. The monoisotopic (exact) mass is 290 g/mol. The van der Waals surface area contributed by atoms with Crippen LogP contribution in [0.4, 0.5) is 4.39 Å². The van der Waals surface area contributed by atoms with Crippen LogP contribution in [-0.4, -0.2) is 37.1 Å². The van der Waals surface area contributed by atoms with E-state index in [9.17, 15) is 4.39 Å². The summed E-state index contributed by atoms with van der Waals surface area (Å²) < 4.78 is 13.7. The van der Waals surface area contributed by atoms with E-state index in [4.69, 9.17) is 0 Å². The fourth-order valence-electron chi connectivity index (χ4n) is 3.82. The Morgan fingerprint density at radius 2 is 1.90 bits per heavy atom. The van der Waals surface area contributed by atoms with E-state index in [1.54, 1.807) is 12.1 Å². The molecule has 0 spiro atoms. The van der Waals surface area contributed by atoms with E-state index in [-0.39, 0.29) is 5.82 Å². The summed E-state index contributed by atoms with van der Waals surface area (Å²) in [6.07, 6.45) is 7.69. The molecule has 0 saturated heterocycles. The summed E-state index contributed by atoms with van der Waals surface area (Å²) >= 11 is 0. The highest BCUT2D eigenvalue weighted by atomic mass is 19.1. The number of rotatable bonds is 6. The highest BCUT2D eigenvalue weighted by Gasteiger charge is 2.31. The summed E-state index contributed by atoms with van der Waals surface area (Å²) in [5.41, 5.74) is 0.902. The summed E-state index contributed by atoms with van der Waals surface area (Å²) in [4.78, 5) is 2.51. The van der Waals surface area contributed by atoms with Gasteiger partial charge in [0.2, 0.25) is 0 Å². The minimum Gasteiger partial charge on any atom is -0.313 e. The third-order valence-electron chi connectivity index (χ3n) is 5.33. The standard InChI is InChI=1S/C18H27FN2/c1-21(16-6-2-3-7-16)11-10-20-15-12-14(13-15)17-8-4-5-9-18(17)19/h4-5,8-9,14-16,20H,2-3,6-7,10-13H2,1H3.